The van der Waals surface area contributed by atoms with Crippen LogP contribution in [0.5, 0.6) is 0 Å². The fraction of sp³-hybridized carbons (Fsp3) is 0.348. The van der Waals surface area contributed by atoms with Gasteiger partial charge in [0.15, 0.2) is 5.16 Å². The van der Waals surface area contributed by atoms with Crippen LogP contribution in [-0.2, 0) is 16.1 Å². The van der Waals surface area contributed by atoms with Crippen LogP contribution in [0.15, 0.2) is 64.5 Å². The van der Waals surface area contributed by atoms with Gasteiger partial charge in [0.05, 0.1) is 28.8 Å². The highest BCUT2D eigenvalue weighted by Gasteiger charge is 2.25. The molecule has 2 aromatic carbocycles. The van der Waals surface area contributed by atoms with E-state index in [9.17, 15) is 9.59 Å². The lowest BCUT2D eigenvalue weighted by Crippen LogP contribution is -2.34. The van der Waals surface area contributed by atoms with Crippen LogP contribution >= 0.6 is 11.8 Å². The number of ether oxygens (including phenoxy) is 1. The van der Waals surface area contributed by atoms with Crippen LogP contribution < -0.4 is 10.5 Å². The highest BCUT2D eigenvalue weighted by molar-refractivity contribution is 8.00. The lowest BCUT2D eigenvalue weighted by Gasteiger charge is -2.22. The Kier molecular flexibility index (Phi) is 6.20. The normalized spacial score (nSPS) is 17.2. The fourth-order valence-corrected chi connectivity index (χ4v) is 4.66. The quantitative estimate of drug-likeness (QED) is 0.447. The molecule has 1 amide bonds. The number of fused-ring (bicyclic) bond motifs is 1. The molecule has 1 saturated heterocycles. The highest BCUT2D eigenvalue weighted by atomic mass is 32.2. The Morgan fingerprint density at radius 1 is 1.23 bits per heavy atom. The number of rotatable bonds is 6. The summed E-state index contributed by atoms with van der Waals surface area (Å²) in [5.74, 6) is -0.0442. The molecular weight excluding hydrogens is 398 g/mol. The lowest BCUT2D eigenvalue weighted by atomic mass is 10.2. The number of aromatic nitrogens is 2. The van der Waals surface area contributed by atoms with Crippen LogP contribution in [0.1, 0.15) is 19.8 Å². The maximum absolute atomic E-state index is 13.2. The van der Waals surface area contributed by atoms with Gasteiger partial charge in [0, 0.05) is 19.3 Å². The van der Waals surface area contributed by atoms with Gasteiger partial charge in [-0.25, -0.2) is 4.98 Å². The van der Waals surface area contributed by atoms with E-state index >= 15 is 0 Å². The zero-order chi connectivity index (χ0) is 21.1. The number of benzene rings is 2. The fourth-order valence-electron chi connectivity index (χ4n) is 3.65. The molecule has 0 spiro atoms. The van der Waals surface area contributed by atoms with Crippen LogP contribution in [-0.4, -0.2) is 40.5 Å². The van der Waals surface area contributed by atoms with E-state index in [0.717, 1.165) is 25.1 Å². The van der Waals surface area contributed by atoms with E-state index in [4.69, 9.17) is 9.72 Å². The maximum Gasteiger partial charge on any atom is 0.262 e. The number of nitrogens with zero attached hydrogens (tertiary/aromatic N) is 3. The van der Waals surface area contributed by atoms with E-state index in [1.165, 1.54) is 11.8 Å². The first-order chi connectivity index (χ1) is 14.5. The Labute approximate surface area is 179 Å². The minimum Gasteiger partial charge on any atom is -0.376 e. The molecule has 3 aromatic rings. The largest absolute Gasteiger partial charge is 0.376 e. The lowest BCUT2D eigenvalue weighted by molar-refractivity contribution is -0.117. The van der Waals surface area contributed by atoms with Crippen molar-refractivity contribution < 1.29 is 9.53 Å². The first kappa shape index (κ1) is 20.6. The van der Waals surface area contributed by atoms with Gasteiger partial charge in [-0.2, -0.15) is 0 Å². The first-order valence-corrected chi connectivity index (χ1v) is 11.0. The topological polar surface area (TPSA) is 64.4 Å². The van der Waals surface area contributed by atoms with Crippen LogP contribution in [0.2, 0.25) is 0 Å². The predicted molar refractivity (Wildman–Crippen MR) is 120 cm³/mol. The molecule has 0 bridgehead atoms. The minimum atomic E-state index is -0.404. The van der Waals surface area contributed by atoms with Gasteiger partial charge in [0.25, 0.3) is 5.56 Å². The molecular formula is C23H25N3O3S. The number of carbonyl (C=O) groups excluding carboxylic acids is 1. The number of hydrogen-bond donors (Lipinski definition) is 0. The molecule has 30 heavy (non-hydrogen) atoms. The molecule has 6 nitrogen and oxygen atoms in total. The molecule has 1 fully saturated rings. The summed E-state index contributed by atoms with van der Waals surface area (Å²) < 4.78 is 7.43. The Morgan fingerprint density at radius 3 is 2.70 bits per heavy atom. The van der Waals surface area contributed by atoms with Crippen molar-refractivity contribution in [2.75, 3.05) is 18.6 Å². The van der Waals surface area contributed by atoms with Gasteiger partial charge in [-0.05, 0) is 44.0 Å². The number of para-hydroxylation sites is 2. The second kappa shape index (κ2) is 9.02. The van der Waals surface area contributed by atoms with Crippen molar-refractivity contribution in [2.45, 2.75) is 42.8 Å². The van der Waals surface area contributed by atoms with Gasteiger partial charge < -0.3 is 9.64 Å². The van der Waals surface area contributed by atoms with Crippen molar-refractivity contribution in [2.24, 2.45) is 0 Å². The molecule has 0 N–H and O–H groups in total. The van der Waals surface area contributed by atoms with E-state index in [-0.39, 0.29) is 17.6 Å². The summed E-state index contributed by atoms with van der Waals surface area (Å²) in [5.41, 5.74) is 1.39. The third-order valence-corrected chi connectivity index (χ3v) is 6.42. The number of thioether (sulfide) groups is 1. The van der Waals surface area contributed by atoms with E-state index < -0.39 is 5.25 Å². The first-order valence-electron chi connectivity index (χ1n) is 10.1. The Bertz CT molecular complexity index is 1090. The van der Waals surface area contributed by atoms with Gasteiger partial charge >= 0.3 is 0 Å². The van der Waals surface area contributed by atoms with Crippen LogP contribution in [0.4, 0.5) is 5.69 Å². The smallest absolute Gasteiger partial charge is 0.262 e. The molecule has 1 aliphatic rings. The van der Waals surface area contributed by atoms with Crippen molar-refractivity contribution in [3.05, 3.63) is 65.0 Å². The Balaban J connectivity index is 1.64. The molecule has 1 aromatic heterocycles. The molecule has 0 unspecified atom stereocenters. The van der Waals surface area contributed by atoms with Crippen LogP contribution in [0, 0.1) is 0 Å². The molecule has 4 rings (SSSR count). The van der Waals surface area contributed by atoms with Gasteiger partial charge in [0.2, 0.25) is 5.91 Å². The molecule has 1 aliphatic heterocycles. The van der Waals surface area contributed by atoms with Crippen molar-refractivity contribution in [1.29, 1.82) is 0 Å². The summed E-state index contributed by atoms with van der Waals surface area (Å²) in [6.07, 6.45) is 1.93. The molecule has 0 saturated carbocycles. The summed E-state index contributed by atoms with van der Waals surface area (Å²) >= 11 is 1.32. The summed E-state index contributed by atoms with van der Waals surface area (Å²) in [6.45, 7) is 3.03. The summed E-state index contributed by atoms with van der Waals surface area (Å²) in [6, 6.07) is 16.9. The number of hydrogen-bond acceptors (Lipinski definition) is 5. The second-order valence-electron chi connectivity index (χ2n) is 7.46. The number of anilines is 1. The zero-order valence-corrected chi connectivity index (χ0v) is 18.0. The van der Waals surface area contributed by atoms with E-state index in [0.29, 0.717) is 22.6 Å². The van der Waals surface area contributed by atoms with Gasteiger partial charge in [-0.1, -0.05) is 42.1 Å². The molecule has 7 heteroatoms. The summed E-state index contributed by atoms with van der Waals surface area (Å²) in [7, 11) is 1.77. The van der Waals surface area contributed by atoms with Crippen LogP contribution in [0.3, 0.4) is 0 Å². The maximum atomic E-state index is 13.2. The Hall–Kier alpha value is -2.64. The number of amides is 1. The standard InChI is InChI=1S/C23H25N3O3S/c1-16(21(27)25(2)17-9-4-3-5-10-17)30-23-24-20-13-7-6-12-19(20)22(28)26(23)15-18-11-8-14-29-18/h3-7,9-10,12-13,16,18H,8,11,14-15H2,1-2H3/t16-,18+/m1/s1. The SMILES string of the molecule is C[C@@H](Sc1nc2ccccc2c(=O)n1C[C@@H]1CCCO1)C(=O)N(C)c1ccccc1. The minimum absolute atomic E-state index is 0.00279. The average molecular weight is 424 g/mol. The van der Waals surface area contributed by atoms with E-state index in [1.54, 1.807) is 22.6 Å². The molecule has 0 radical (unpaired) electrons. The highest BCUT2D eigenvalue weighted by Crippen LogP contribution is 2.26. The van der Waals surface area contributed by atoms with Gasteiger partial charge in [-0.3, -0.25) is 14.2 Å². The van der Waals surface area contributed by atoms with Gasteiger partial charge in [-0.15, -0.1) is 0 Å². The third kappa shape index (κ3) is 4.27. The summed E-state index contributed by atoms with van der Waals surface area (Å²) in [5, 5.41) is 0.732. The van der Waals surface area contributed by atoms with Crippen LogP contribution in [0.25, 0.3) is 10.9 Å². The van der Waals surface area contributed by atoms with Crippen molar-refractivity contribution in [3.8, 4) is 0 Å². The van der Waals surface area contributed by atoms with Crippen molar-refractivity contribution in [1.82, 2.24) is 9.55 Å². The summed E-state index contributed by atoms with van der Waals surface area (Å²) in [4.78, 5) is 32.6. The molecule has 0 aliphatic carbocycles. The zero-order valence-electron chi connectivity index (χ0n) is 17.2. The average Bonchev–Trinajstić information content (AvgIpc) is 3.29. The second-order valence-corrected chi connectivity index (χ2v) is 8.76. The van der Waals surface area contributed by atoms with E-state index in [2.05, 4.69) is 0 Å². The Morgan fingerprint density at radius 2 is 1.97 bits per heavy atom. The van der Waals surface area contributed by atoms with Crippen molar-refractivity contribution >= 4 is 34.3 Å². The molecule has 2 atom stereocenters. The third-order valence-electron chi connectivity index (χ3n) is 5.34. The predicted octanol–water partition coefficient (Wildman–Crippen LogP) is 3.72. The molecule has 2 heterocycles. The van der Waals surface area contributed by atoms with E-state index in [1.807, 2.05) is 55.5 Å². The number of carbonyl (C=O) groups is 1. The monoisotopic (exact) mass is 423 g/mol. The van der Waals surface area contributed by atoms with Crippen molar-refractivity contribution in [3.63, 3.8) is 0 Å². The molecule has 156 valence electrons. The van der Waals surface area contributed by atoms with Gasteiger partial charge in [0.1, 0.15) is 0 Å².